The summed E-state index contributed by atoms with van der Waals surface area (Å²) < 4.78 is 13.0. The molecule has 1 saturated heterocycles. The molecule has 1 aromatic rings. The molecule has 0 saturated carbocycles. The lowest BCUT2D eigenvalue weighted by atomic mass is 10.2. The number of benzene rings is 1. The van der Waals surface area contributed by atoms with Crippen LogP contribution in [0.5, 0.6) is 0 Å². The number of amides is 2. The Labute approximate surface area is 115 Å². The molecule has 1 aliphatic heterocycles. The SMILES string of the molecule is CC1NC(=O)CCN(Cc2ccc(F)cc2Cl)C1=O. The van der Waals surface area contributed by atoms with Crippen LogP contribution in [0.1, 0.15) is 18.9 Å². The molecule has 1 unspecified atom stereocenters. The Bertz CT molecular complexity index is 521. The molecule has 19 heavy (non-hydrogen) atoms. The van der Waals surface area contributed by atoms with Gasteiger partial charge >= 0.3 is 0 Å². The second-order valence-corrected chi connectivity index (χ2v) is 4.94. The first-order valence-corrected chi connectivity index (χ1v) is 6.37. The lowest BCUT2D eigenvalue weighted by Crippen LogP contribution is -2.42. The third-order valence-corrected chi connectivity index (χ3v) is 3.40. The molecule has 0 radical (unpaired) electrons. The zero-order valence-corrected chi connectivity index (χ0v) is 11.2. The van der Waals surface area contributed by atoms with E-state index in [0.29, 0.717) is 12.1 Å². The van der Waals surface area contributed by atoms with Crippen molar-refractivity contribution in [2.45, 2.75) is 25.9 Å². The fourth-order valence-corrected chi connectivity index (χ4v) is 2.24. The highest BCUT2D eigenvalue weighted by Crippen LogP contribution is 2.20. The standard InChI is InChI=1S/C13H14ClFN2O2/c1-8-13(19)17(5-4-12(18)16-8)7-9-2-3-10(15)6-11(9)14/h2-3,6,8H,4-5,7H2,1H3,(H,16,18). The molecule has 0 aliphatic carbocycles. The number of nitrogens with zero attached hydrogens (tertiary/aromatic N) is 1. The molecule has 2 rings (SSSR count). The largest absolute Gasteiger partial charge is 0.345 e. The first kappa shape index (κ1) is 13.8. The van der Waals surface area contributed by atoms with Gasteiger partial charge in [-0.3, -0.25) is 9.59 Å². The minimum Gasteiger partial charge on any atom is -0.345 e. The molecule has 1 N–H and O–H groups in total. The van der Waals surface area contributed by atoms with E-state index in [2.05, 4.69) is 5.32 Å². The van der Waals surface area contributed by atoms with E-state index < -0.39 is 11.9 Å². The maximum Gasteiger partial charge on any atom is 0.245 e. The van der Waals surface area contributed by atoms with Crippen molar-refractivity contribution >= 4 is 23.4 Å². The molecule has 1 atom stereocenters. The molecule has 0 aromatic heterocycles. The van der Waals surface area contributed by atoms with E-state index in [1.165, 1.54) is 12.1 Å². The molecule has 6 heteroatoms. The van der Waals surface area contributed by atoms with Crippen molar-refractivity contribution in [3.8, 4) is 0 Å². The number of hydrogen-bond donors (Lipinski definition) is 1. The zero-order valence-electron chi connectivity index (χ0n) is 10.5. The van der Waals surface area contributed by atoms with Gasteiger partial charge in [-0.25, -0.2) is 4.39 Å². The molecule has 4 nitrogen and oxygen atoms in total. The van der Waals surface area contributed by atoms with Crippen LogP contribution in [0.4, 0.5) is 4.39 Å². The third kappa shape index (κ3) is 3.23. The Kier molecular flexibility index (Phi) is 4.04. The van der Waals surface area contributed by atoms with Gasteiger partial charge in [-0.05, 0) is 24.6 Å². The van der Waals surface area contributed by atoms with Crippen LogP contribution in [-0.2, 0) is 16.1 Å². The van der Waals surface area contributed by atoms with Crippen molar-refractivity contribution in [1.82, 2.24) is 10.2 Å². The highest BCUT2D eigenvalue weighted by Gasteiger charge is 2.26. The topological polar surface area (TPSA) is 49.4 Å². The summed E-state index contributed by atoms with van der Waals surface area (Å²) in [6, 6.07) is 3.52. The highest BCUT2D eigenvalue weighted by molar-refractivity contribution is 6.31. The quantitative estimate of drug-likeness (QED) is 0.899. The molecule has 1 fully saturated rings. The van der Waals surface area contributed by atoms with Gasteiger partial charge in [-0.2, -0.15) is 0 Å². The van der Waals surface area contributed by atoms with Crippen LogP contribution in [0.15, 0.2) is 18.2 Å². The predicted molar refractivity (Wildman–Crippen MR) is 69.0 cm³/mol. The summed E-state index contributed by atoms with van der Waals surface area (Å²) in [6.07, 6.45) is 0.259. The van der Waals surface area contributed by atoms with E-state index in [1.807, 2.05) is 0 Å². The third-order valence-electron chi connectivity index (χ3n) is 3.04. The molecule has 0 spiro atoms. The van der Waals surface area contributed by atoms with E-state index in [0.717, 1.165) is 0 Å². The van der Waals surface area contributed by atoms with Gasteiger partial charge in [0.1, 0.15) is 11.9 Å². The molecular weight excluding hydrogens is 271 g/mol. The van der Waals surface area contributed by atoms with Gasteiger partial charge in [0.25, 0.3) is 0 Å². The molecule has 102 valence electrons. The van der Waals surface area contributed by atoms with E-state index in [4.69, 9.17) is 11.6 Å². The smallest absolute Gasteiger partial charge is 0.245 e. The fraction of sp³-hybridized carbons (Fsp3) is 0.385. The maximum absolute atomic E-state index is 13.0. The lowest BCUT2D eigenvalue weighted by Gasteiger charge is -2.22. The summed E-state index contributed by atoms with van der Waals surface area (Å²) in [5.74, 6) is -0.721. The minimum absolute atomic E-state index is 0.145. The van der Waals surface area contributed by atoms with Crippen molar-refractivity contribution in [3.05, 3.63) is 34.6 Å². The van der Waals surface area contributed by atoms with Crippen LogP contribution < -0.4 is 5.32 Å². The van der Waals surface area contributed by atoms with Gasteiger partial charge in [0.2, 0.25) is 11.8 Å². The monoisotopic (exact) mass is 284 g/mol. The fourth-order valence-electron chi connectivity index (χ4n) is 2.01. The van der Waals surface area contributed by atoms with Gasteiger partial charge in [-0.1, -0.05) is 17.7 Å². The van der Waals surface area contributed by atoms with Gasteiger partial charge < -0.3 is 10.2 Å². The van der Waals surface area contributed by atoms with Crippen LogP contribution in [0.3, 0.4) is 0 Å². The van der Waals surface area contributed by atoms with Gasteiger partial charge in [0.15, 0.2) is 0 Å². The number of halogens is 2. The normalized spacial score (nSPS) is 20.2. The van der Waals surface area contributed by atoms with Crippen LogP contribution >= 0.6 is 11.6 Å². The van der Waals surface area contributed by atoms with Crippen LogP contribution in [0.25, 0.3) is 0 Å². The number of rotatable bonds is 2. The highest BCUT2D eigenvalue weighted by atomic mass is 35.5. The van der Waals surface area contributed by atoms with E-state index in [-0.39, 0.29) is 29.8 Å². The second kappa shape index (κ2) is 5.57. The van der Waals surface area contributed by atoms with Crippen molar-refractivity contribution < 1.29 is 14.0 Å². The van der Waals surface area contributed by atoms with Crippen LogP contribution in [-0.4, -0.2) is 29.3 Å². The summed E-state index contributed by atoms with van der Waals surface area (Å²) in [5, 5.41) is 2.89. The molecule has 1 aromatic carbocycles. The predicted octanol–water partition coefficient (Wildman–Crippen LogP) is 1.72. The van der Waals surface area contributed by atoms with E-state index in [9.17, 15) is 14.0 Å². The zero-order chi connectivity index (χ0) is 14.0. The first-order valence-electron chi connectivity index (χ1n) is 5.99. The molecule has 2 amide bonds. The molecule has 1 heterocycles. The number of nitrogens with one attached hydrogen (secondary N) is 1. The van der Waals surface area contributed by atoms with Crippen molar-refractivity contribution in [1.29, 1.82) is 0 Å². The van der Waals surface area contributed by atoms with Gasteiger partial charge in [0.05, 0.1) is 0 Å². The Hall–Kier alpha value is -1.62. The van der Waals surface area contributed by atoms with Crippen LogP contribution in [0.2, 0.25) is 5.02 Å². The first-order chi connectivity index (χ1) is 8.97. The average Bonchev–Trinajstić information content (AvgIpc) is 2.46. The van der Waals surface area contributed by atoms with E-state index >= 15 is 0 Å². The number of carbonyl (C=O) groups excluding carboxylic acids is 2. The van der Waals surface area contributed by atoms with Gasteiger partial charge in [-0.15, -0.1) is 0 Å². The Morgan fingerprint density at radius 3 is 2.89 bits per heavy atom. The Balaban J connectivity index is 2.17. The maximum atomic E-state index is 13.0. The number of hydrogen-bond acceptors (Lipinski definition) is 2. The van der Waals surface area contributed by atoms with E-state index in [1.54, 1.807) is 17.9 Å². The molecular formula is C13H14ClFN2O2. The van der Waals surface area contributed by atoms with Crippen molar-refractivity contribution in [2.75, 3.05) is 6.54 Å². The summed E-state index contributed by atoms with van der Waals surface area (Å²) >= 11 is 5.94. The molecule has 1 aliphatic rings. The van der Waals surface area contributed by atoms with Crippen LogP contribution in [0, 0.1) is 5.82 Å². The summed E-state index contributed by atoms with van der Waals surface area (Å²) in [6.45, 7) is 2.25. The van der Waals surface area contributed by atoms with Gasteiger partial charge in [0, 0.05) is 24.5 Å². The second-order valence-electron chi connectivity index (χ2n) is 4.53. The number of carbonyl (C=O) groups is 2. The lowest BCUT2D eigenvalue weighted by molar-refractivity contribution is -0.133. The summed E-state index contributed by atoms with van der Waals surface area (Å²) in [4.78, 5) is 25.0. The minimum atomic E-state index is -0.547. The van der Waals surface area contributed by atoms with Crippen molar-refractivity contribution in [3.63, 3.8) is 0 Å². The summed E-state index contributed by atoms with van der Waals surface area (Å²) in [5.41, 5.74) is 0.665. The Morgan fingerprint density at radius 1 is 1.47 bits per heavy atom. The van der Waals surface area contributed by atoms with Crippen molar-refractivity contribution in [2.24, 2.45) is 0 Å². The average molecular weight is 285 g/mol. The molecule has 0 bridgehead atoms. The summed E-state index contributed by atoms with van der Waals surface area (Å²) in [7, 11) is 0. The Morgan fingerprint density at radius 2 is 2.21 bits per heavy atom.